The van der Waals surface area contributed by atoms with Gasteiger partial charge in [0.2, 0.25) is 5.91 Å². The van der Waals surface area contributed by atoms with Crippen molar-refractivity contribution in [2.75, 3.05) is 6.54 Å². The largest absolute Gasteiger partial charge is 0.394 e. The summed E-state index contributed by atoms with van der Waals surface area (Å²) in [7, 11) is 0. The molecular weight excluding hydrogens is 403 g/mol. The van der Waals surface area contributed by atoms with Gasteiger partial charge in [-0.2, -0.15) is 13.2 Å². The number of likely N-dealkylation sites (tertiary alicyclic amines) is 1. The van der Waals surface area contributed by atoms with Gasteiger partial charge >= 0.3 is 6.18 Å². The van der Waals surface area contributed by atoms with Gasteiger partial charge in [-0.15, -0.1) is 0 Å². The molecule has 4 rings (SSSR count). The van der Waals surface area contributed by atoms with Crippen LogP contribution in [0.3, 0.4) is 0 Å². The number of rotatable bonds is 6. The van der Waals surface area contributed by atoms with Crippen LogP contribution >= 0.6 is 12.2 Å². The van der Waals surface area contributed by atoms with Crippen LogP contribution in [0, 0.1) is 16.6 Å². The van der Waals surface area contributed by atoms with Gasteiger partial charge < -0.3 is 9.88 Å². The molecule has 5 nitrogen and oxygen atoms in total. The highest BCUT2D eigenvalue weighted by Crippen LogP contribution is 2.58. The van der Waals surface area contributed by atoms with Gasteiger partial charge in [0.1, 0.15) is 0 Å². The Bertz CT molecular complexity index is 1050. The Balaban J connectivity index is 1.27. The average molecular weight is 425 g/mol. The summed E-state index contributed by atoms with van der Waals surface area (Å²) in [6.45, 7) is 0.875. The van der Waals surface area contributed by atoms with Crippen molar-refractivity contribution < 1.29 is 18.0 Å². The SMILES string of the molecule is O=C(CCCCCn1c(=S)[nH]c2ccccc2c1=O)N1CC[C@@H]2[C@@H]1[C@H]2C(F)(F)F. The maximum atomic E-state index is 12.9. The number of amides is 1. The number of aromatic amines is 1. The molecule has 1 aliphatic heterocycles. The maximum absolute atomic E-state index is 12.9. The molecule has 1 aromatic carbocycles. The molecule has 0 radical (unpaired) electrons. The third kappa shape index (κ3) is 3.84. The third-order valence-corrected chi connectivity index (χ3v) is 6.37. The van der Waals surface area contributed by atoms with Crippen LogP contribution in [-0.2, 0) is 11.3 Å². The molecule has 1 N–H and O–H groups in total. The normalized spacial score (nSPS) is 23.4. The molecule has 9 heteroatoms. The highest BCUT2D eigenvalue weighted by Gasteiger charge is 2.69. The topological polar surface area (TPSA) is 58.1 Å². The number of aromatic nitrogens is 2. The molecule has 1 saturated carbocycles. The van der Waals surface area contributed by atoms with Crippen LogP contribution < -0.4 is 5.56 Å². The first kappa shape index (κ1) is 20.1. The maximum Gasteiger partial charge on any atom is 0.394 e. The zero-order valence-electron chi connectivity index (χ0n) is 15.7. The van der Waals surface area contributed by atoms with Crippen LogP contribution in [0.1, 0.15) is 32.1 Å². The fourth-order valence-corrected chi connectivity index (χ4v) is 4.85. The molecule has 1 aliphatic carbocycles. The average Bonchev–Trinajstić information content (AvgIpc) is 3.25. The van der Waals surface area contributed by atoms with Crippen molar-refractivity contribution in [3.63, 3.8) is 0 Å². The molecule has 2 aliphatic rings. The second-order valence-electron chi connectivity index (χ2n) is 7.84. The quantitative estimate of drug-likeness (QED) is 0.562. The van der Waals surface area contributed by atoms with Crippen molar-refractivity contribution in [2.24, 2.45) is 11.8 Å². The third-order valence-electron chi connectivity index (χ3n) is 6.05. The molecule has 0 bridgehead atoms. The van der Waals surface area contributed by atoms with E-state index in [4.69, 9.17) is 12.2 Å². The molecule has 156 valence electrons. The fraction of sp³-hybridized carbons (Fsp3) is 0.550. The van der Waals surface area contributed by atoms with Gasteiger partial charge in [-0.05, 0) is 49.5 Å². The van der Waals surface area contributed by atoms with E-state index in [9.17, 15) is 22.8 Å². The lowest BCUT2D eigenvalue weighted by Crippen LogP contribution is -2.34. The molecule has 1 saturated heterocycles. The van der Waals surface area contributed by atoms with Crippen LogP contribution in [0.5, 0.6) is 0 Å². The lowest BCUT2D eigenvalue weighted by molar-refractivity contribution is -0.159. The predicted octanol–water partition coefficient (Wildman–Crippen LogP) is 4.03. The summed E-state index contributed by atoms with van der Waals surface area (Å²) < 4.78 is 40.6. The number of H-pyrrole nitrogens is 1. The van der Waals surface area contributed by atoms with Gasteiger partial charge in [-0.1, -0.05) is 18.6 Å². The van der Waals surface area contributed by atoms with Crippen LogP contribution in [-0.4, -0.2) is 39.1 Å². The molecular formula is C20H22F3N3O2S. The number of carbonyl (C=O) groups excluding carboxylic acids is 1. The van der Waals surface area contributed by atoms with Gasteiger partial charge in [0, 0.05) is 25.6 Å². The van der Waals surface area contributed by atoms with E-state index >= 15 is 0 Å². The summed E-state index contributed by atoms with van der Waals surface area (Å²) >= 11 is 5.27. The minimum absolute atomic E-state index is 0.143. The molecule has 2 heterocycles. The number of para-hydroxylation sites is 1. The molecule has 1 aromatic heterocycles. The Labute approximate surface area is 170 Å². The van der Waals surface area contributed by atoms with Crippen molar-refractivity contribution >= 4 is 29.0 Å². The van der Waals surface area contributed by atoms with Gasteiger partial charge in [-0.25, -0.2) is 0 Å². The summed E-state index contributed by atoms with van der Waals surface area (Å²) in [6, 6.07) is 6.53. The smallest absolute Gasteiger partial charge is 0.339 e. The van der Waals surface area contributed by atoms with Crippen LogP contribution in [0.15, 0.2) is 29.1 Å². The number of halogens is 3. The second kappa shape index (κ2) is 7.59. The van der Waals surface area contributed by atoms with Crippen molar-refractivity contribution in [1.29, 1.82) is 0 Å². The number of piperidine rings is 1. The van der Waals surface area contributed by atoms with Gasteiger partial charge in [0.15, 0.2) is 4.77 Å². The van der Waals surface area contributed by atoms with E-state index in [0.717, 1.165) is 0 Å². The minimum atomic E-state index is -4.21. The first-order valence-corrected chi connectivity index (χ1v) is 10.3. The number of carbonyl (C=O) groups is 1. The van der Waals surface area contributed by atoms with Crippen LogP contribution in [0.2, 0.25) is 0 Å². The molecule has 1 amide bonds. The zero-order chi connectivity index (χ0) is 20.8. The first-order chi connectivity index (χ1) is 13.8. The van der Waals surface area contributed by atoms with E-state index in [0.29, 0.717) is 54.4 Å². The van der Waals surface area contributed by atoms with E-state index in [1.807, 2.05) is 6.07 Å². The summed E-state index contributed by atoms with van der Waals surface area (Å²) in [4.78, 5) is 29.4. The fourth-order valence-electron chi connectivity index (χ4n) is 4.56. The molecule has 2 fully saturated rings. The Morgan fingerprint density at radius 2 is 1.97 bits per heavy atom. The molecule has 0 unspecified atom stereocenters. The second-order valence-corrected chi connectivity index (χ2v) is 8.23. The molecule has 2 aromatic rings. The van der Waals surface area contributed by atoms with Crippen molar-refractivity contribution in [1.82, 2.24) is 14.5 Å². The van der Waals surface area contributed by atoms with Crippen molar-refractivity contribution in [2.45, 2.75) is 50.9 Å². The Kier molecular flexibility index (Phi) is 5.27. The predicted molar refractivity (Wildman–Crippen MR) is 105 cm³/mol. The Morgan fingerprint density at radius 3 is 2.69 bits per heavy atom. The lowest BCUT2D eigenvalue weighted by Gasteiger charge is -2.21. The summed E-state index contributed by atoms with van der Waals surface area (Å²) in [5.41, 5.74) is 0.556. The number of fused-ring (bicyclic) bond motifs is 2. The van der Waals surface area contributed by atoms with Crippen molar-refractivity contribution in [3.8, 4) is 0 Å². The molecule has 0 spiro atoms. The lowest BCUT2D eigenvalue weighted by atomic mass is 10.1. The summed E-state index contributed by atoms with van der Waals surface area (Å²) in [5.74, 6) is -1.92. The monoisotopic (exact) mass is 425 g/mol. The standard InChI is InChI=1S/C20H22F3N3O2S/c21-20(22,23)16-13-9-11-25(17(13)16)15(27)8-2-1-5-10-26-18(28)12-6-3-4-7-14(12)24-19(26)29/h3-4,6-7,13,16-17H,1-2,5,8-11H2,(H,24,29)/t13-,16-,17+/m0/s1. The number of hydrogen-bond acceptors (Lipinski definition) is 3. The Hall–Kier alpha value is -2.16. The highest BCUT2D eigenvalue weighted by atomic mass is 32.1. The Morgan fingerprint density at radius 1 is 1.21 bits per heavy atom. The molecule has 29 heavy (non-hydrogen) atoms. The number of unbranched alkanes of at least 4 members (excludes halogenated alkanes) is 2. The van der Waals surface area contributed by atoms with E-state index < -0.39 is 24.1 Å². The minimum Gasteiger partial charge on any atom is -0.339 e. The van der Waals surface area contributed by atoms with E-state index in [-0.39, 0.29) is 17.9 Å². The highest BCUT2D eigenvalue weighted by molar-refractivity contribution is 7.71. The van der Waals surface area contributed by atoms with Crippen LogP contribution in [0.25, 0.3) is 10.9 Å². The van der Waals surface area contributed by atoms with E-state index in [2.05, 4.69) is 4.98 Å². The van der Waals surface area contributed by atoms with E-state index in [1.165, 1.54) is 9.47 Å². The number of nitrogens with zero attached hydrogens (tertiary/aromatic N) is 2. The summed E-state index contributed by atoms with van der Waals surface area (Å²) in [6.07, 6.45) is -1.57. The molecule has 3 atom stereocenters. The zero-order valence-corrected chi connectivity index (χ0v) is 16.6. The number of hydrogen-bond donors (Lipinski definition) is 1. The van der Waals surface area contributed by atoms with Crippen LogP contribution in [0.4, 0.5) is 13.2 Å². The number of benzene rings is 1. The number of alkyl halides is 3. The van der Waals surface area contributed by atoms with Crippen molar-refractivity contribution in [3.05, 3.63) is 39.4 Å². The summed E-state index contributed by atoms with van der Waals surface area (Å²) in [5, 5.41) is 0.573. The van der Waals surface area contributed by atoms with Gasteiger partial charge in [0.25, 0.3) is 5.56 Å². The van der Waals surface area contributed by atoms with Gasteiger partial charge in [-0.3, -0.25) is 14.2 Å². The number of nitrogens with one attached hydrogen (secondary N) is 1. The van der Waals surface area contributed by atoms with E-state index in [1.54, 1.807) is 18.2 Å². The first-order valence-electron chi connectivity index (χ1n) is 9.87. The van der Waals surface area contributed by atoms with Gasteiger partial charge in [0.05, 0.1) is 16.8 Å².